The second-order valence-corrected chi connectivity index (χ2v) is 8.23. The highest BCUT2D eigenvalue weighted by Gasteiger charge is 2.71. The highest BCUT2D eigenvalue weighted by atomic mass is 16.5. The van der Waals surface area contributed by atoms with Crippen LogP contribution in [0.2, 0.25) is 0 Å². The summed E-state index contributed by atoms with van der Waals surface area (Å²) >= 11 is 0. The van der Waals surface area contributed by atoms with Crippen molar-refractivity contribution in [2.75, 3.05) is 19.7 Å². The van der Waals surface area contributed by atoms with E-state index in [1.807, 2.05) is 4.90 Å². The van der Waals surface area contributed by atoms with Gasteiger partial charge in [0.15, 0.2) is 0 Å². The summed E-state index contributed by atoms with van der Waals surface area (Å²) < 4.78 is 5.78. The van der Waals surface area contributed by atoms with Crippen molar-refractivity contribution in [3.63, 3.8) is 0 Å². The third-order valence-electron chi connectivity index (χ3n) is 6.21. The van der Waals surface area contributed by atoms with Crippen LogP contribution in [-0.4, -0.2) is 42.1 Å². The maximum absolute atomic E-state index is 13.0. The summed E-state index contributed by atoms with van der Waals surface area (Å²) in [6, 6.07) is 0. The molecule has 2 heterocycles. The Bertz CT molecular complexity index is 422. The van der Waals surface area contributed by atoms with Gasteiger partial charge in [0.05, 0.1) is 6.10 Å². The number of hydrogen-bond acceptors (Lipinski definition) is 3. The molecule has 0 spiro atoms. The van der Waals surface area contributed by atoms with Gasteiger partial charge < -0.3 is 15.4 Å². The van der Waals surface area contributed by atoms with E-state index in [9.17, 15) is 4.79 Å². The van der Waals surface area contributed by atoms with Gasteiger partial charge in [-0.25, -0.2) is 0 Å². The van der Waals surface area contributed by atoms with Crippen LogP contribution in [0.25, 0.3) is 0 Å². The Balaban J connectivity index is 1.77. The molecule has 0 bridgehead atoms. The lowest BCUT2D eigenvalue weighted by Crippen LogP contribution is -2.80. The predicted octanol–water partition coefficient (Wildman–Crippen LogP) is 1.78. The number of nitrogens with zero attached hydrogens (tertiary/aromatic N) is 1. The van der Waals surface area contributed by atoms with E-state index in [0.717, 1.165) is 39.0 Å². The van der Waals surface area contributed by atoms with Crippen molar-refractivity contribution in [3.05, 3.63) is 0 Å². The predicted molar refractivity (Wildman–Crippen MR) is 78.1 cm³/mol. The van der Waals surface area contributed by atoms with Gasteiger partial charge in [-0.05, 0) is 24.7 Å². The zero-order valence-electron chi connectivity index (χ0n) is 13.2. The molecule has 3 atom stereocenters. The summed E-state index contributed by atoms with van der Waals surface area (Å²) in [6.45, 7) is 11.2. The fourth-order valence-corrected chi connectivity index (χ4v) is 4.40. The molecule has 3 fully saturated rings. The number of amides is 1. The third kappa shape index (κ3) is 1.70. The number of likely N-dealkylation sites (tertiary alicyclic amines) is 1. The first kappa shape index (κ1) is 14.3. The number of piperidine rings is 1. The van der Waals surface area contributed by atoms with Gasteiger partial charge in [0.25, 0.3) is 0 Å². The van der Waals surface area contributed by atoms with Gasteiger partial charge in [0.1, 0.15) is 5.54 Å². The first-order valence-electron chi connectivity index (χ1n) is 7.90. The lowest BCUT2D eigenvalue weighted by molar-refractivity contribution is -0.185. The van der Waals surface area contributed by atoms with Crippen LogP contribution in [0.15, 0.2) is 0 Å². The fourth-order valence-electron chi connectivity index (χ4n) is 4.40. The molecule has 1 aliphatic carbocycles. The average molecular weight is 280 g/mol. The maximum Gasteiger partial charge on any atom is 0.243 e. The minimum Gasteiger partial charge on any atom is -0.377 e. The minimum absolute atomic E-state index is 0.157. The SMILES string of the molecule is CC1(C)CCN(C(=O)C2(N)C3CCOC3C2(C)C)CC1. The molecule has 3 rings (SSSR count). The van der Waals surface area contributed by atoms with Gasteiger partial charge >= 0.3 is 0 Å². The van der Waals surface area contributed by atoms with Crippen LogP contribution in [0.4, 0.5) is 0 Å². The normalized spacial score (nSPS) is 42.0. The monoisotopic (exact) mass is 280 g/mol. The van der Waals surface area contributed by atoms with Crippen LogP contribution in [0.3, 0.4) is 0 Å². The molecule has 1 amide bonds. The van der Waals surface area contributed by atoms with Gasteiger partial charge in [-0.15, -0.1) is 0 Å². The van der Waals surface area contributed by atoms with Crippen molar-refractivity contribution in [1.29, 1.82) is 0 Å². The fraction of sp³-hybridized carbons (Fsp3) is 0.938. The van der Waals surface area contributed by atoms with Crippen LogP contribution in [0, 0.1) is 16.7 Å². The minimum atomic E-state index is -0.727. The molecular formula is C16H28N2O2. The van der Waals surface area contributed by atoms with Crippen molar-refractivity contribution < 1.29 is 9.53 Å². The van der Waals surface area contributed by atoms with Crippen molar-refractivity contribution >= 4 is 5.91 Å². The first-order chi connectivity index (χ1) is 9.20. The van der Waals surface area contributed by atoms with Crippen LogP contribution in [-0.2, 0) is 9.53 Å². The molecule has 4 heteroatoms. The van der Waals surface area contributed by atoms with Crippen LogP contribution in [0.5, 0.6) is 0 Å². The van der Waals surface area contributed by atoms with E-state index in [-0.39, 0.29) is 23.3 Å². The Kier molecular flexibility index (Phi) is 3.01. The van der Waals surface area contributed by atoms with E-state index in [4.69, 9.17) is 10.5 Å². The number of rotatable bonds is 1. The number of nitrogens with two attached hydrogens (primary N) is 1. The second kappa shape index (κ2) is 4.20. The lowest BCUT2D eigenvalue weighted by atomic mass is 9.47. The number of fused-ring (bicyclic) bond motifs is 1. The van der Waals surface area contributed by atoms with Crippen molar-refractivity contribution in [2.45, 2.75) is 58.6 Å². The third-order valence-corrected chi connectivity index (χ3v) is 6.21. The molecule has 3 unspecified atom stereocenters. The molecule has 2 saturated heterocycles. The standard InChI is InChI=1S/C16H28N2O2/c1-14(2)6-8-18(9-7-14)13(19)16(17)11-5-10-20-12(11)15(16,3)4/h11-12H,5-10,17H2,1-4H3. The molecule has 4 nitrogen and oxygen atoms in total. The Labute approximate surface area is 122 Å². The molecule has 0 aromatic carbocycles. The average Bonchev–Trinajstić information content (AvgIpc) is 2.85. The van der Waals surface area contributed by atoms with Crippen molar-refractivity contribution in [3.8, 4) is 0 Å². The van der Waals surface area contributed by atoms with Gasteiger partial charge in [-0.1, -0.05) is 27.7 Å². The first-order valence-corrected chi connectivity index (χ1v) is 7.90. The molecule has 0 radical (unpaired) electrons. The second-order valence-electron chi connectivity index (χ2n) is 8.23. The summed E-state index contributed by atoms with van der Waals surface area (Å²) in [4.78, 5) is 15.0. The van der Waals surface area contributed by atoms with Crippen LogP contribution < -0.4 is 5.73 Å². The highest BCUT2D eigenvalue weighted by Crippen LogP contribution is 2.58. The molecule has 20 heavy (non-hydrogen) atoms. The summed E-state index contributed by atoms with van der Waals surface area (Å²) in [5.41, 5.74) is 6.01. The zero-order valence-corrected chi connectivity index (χ0v) is 13.2. The van der Waals surface area contributed by atoms with Crippen molar-refractivity contribution in [1.82, 2.24) is 4.90 Å². The number of hydrogen-bond donors (Lipinski definition) is 1. The van der Waals surface area contributed by atoms with E-state index >= 15 is 0 Å². The van der Waals surface area contributed by atoms with E-state index < -0.39 is 5.54 Å². The molecule has 114 valence electrons. The molecule has 0 aromatic heterocycles. The van der Waals surface area contributed by atoms with Gasteiger partial charge in [-0.3, -0.25) is 4.79 Å². The summed E-state index contributed by atoms with van der Waals surface area (Å²) in [5.74, 6) is 0.365. The molecule has 2 N–H and O–H groups in total. The van der Waals surface area contributed by atoms with E-state index in [1.54, 1.807) is 0 Å². The quantitative estimate of drug-likeness (QED) is 0.796. The zero-order chi connectivity index (χ0) is 14.8. The Morgan fingerprint density at radius 3 is 2.40 bits per heavy atom. The van der Waals surface area contributed by atoms with E-state index in [0.29, 0.717) is 5.41 Å². The Hall–Kier alpha value is -0.610. The smallest absolute Gasteiger partial charge is 0.243 e. The molecule has 2 aliphatic heterocycles. The van der Waals surface area contributed by atoms with Gasteiger partial charge in [-0.2, -0.15) is 0 Å². The summed E-state index contributed by atoms with van der Waals surface area (Å²) in [7, 11) is 0. The summed E-state index contributed by atoms with van der Waals surface area (Å²) in [6.07, 6.45) is 3.23. The largest absolute Gasteiger partial charge is 0.377 e. The Morgan fingerprint density at radius 2 is 1.80 bits per heavy atom. The van der Waals surface area contributed by atoms with Crippen LogP contribution >= 0.6 is 0 Å². The number of carbonyl (C=O) groups is 1. The van der Waals surface area contributed by atoms with Crippen LogP contribution in [0.1, 0.15) is 47.0 Å². The molecule has 3 aliphatic rings. The molecular weight excluding hydrogens is 252 g/mol. The molecule has 1 saturated carbocycles. The van der Waals surface area contributed by atoms with E-state index in [1.165, 1.54) is 0 Å². The van der Waals surface area contributed by atoms with Crippen molar-refractivity contribution in [2.24, 2.45) is 22.5 Å². The maximum atomic E-state index is 13.0. The lowest BCUT2D eigenvalue weighted by Gasteiger charge is -2.62. The van der Waals surface area contributed by atoms with Gasteiger partial charge in [0.2, 0.25) is 5.91 Å². The summed E-state index contributed by atoms with van der Waals surface area (Å²) in [5, 5.41) is 0. The van der Waals surface area contributed by atoms with Gasteiger partial charge in [0, 0.05) is 31.0 Å². The number of ether oxygens (including phenoxy) is 1. The highest BCUT2D eigenvalue weighted by molar-refractivity contribution is 5.89. The topological polar surface area (TPSA) is 55.6 Å². The molecule has 0 aromatic rings. The number of carbonyl (C=O) groups excluding carboxylic acids is 1. The van der Waals surface area contributed by atoms with E-state index in [2.05, 4.69) is 27.7 Å². The Morgan fingerprint density at radius 1 is 1.20 bits per heavy atom.